The van der Waals surface area contributed by atoms with Gasteiger partial charge in [-0.25, -0.2) is 4.57 Å². The standard InChI is InChI=1S/C22H25N7O6S2/c1-2-35-26-14(17-25-22(23)37-27-17)18(31)24-15-19(32)29-16(21(33)34)13(11-36-20(15)29)10-28-7-3-5-12(9-28)6-4-8-30/h3,5,7,9,15,20,30H,2,4,6,8,10-11H2,1H3,(H3-,23,24,25,27,31,33,34)/t15?,20-/m0/s1. The smallest absolute Gasteiger partial charge is 0.278 e. The summed E-state index contributed by atoms with van der Waals surface area (Å²) in [6, 6.07) is 2.79. The zero-order valence-corrected chi connectivity index (χ0v) is 21.5. The summed E-state index contributed by atoms with van der Waals surface area (Å²) in [6.45, 7) is 2.20. The number of carbonyl (C=O) groups excluding carboxylic acids is 3. The van der Waals surface area contributed by atoms with Crippen LogP contribution in [0.3, 0.4) is 0 Å². The van der Waals surface area contributed by atoms with Crippen LogP contribution in [0.4, 0.5) is 5.13 Å². The number of aliphatic hydroxyl groups is 1. The highest BCUT2D eigenvalue weighted by Gasteiger charge is 2.53. The maximum Gasteiger partial charge on any atom is 0.278 e. The molecule has 0 saturated carbocycles. The van der Waals surface area contributed by atoms with Crippen LogP contribution in [0.15, 0.2) is 41.0 Å². The Kier molecular flexibility index (Phi) is 8.35. The first kappa shape index (κ1) is 26.5. The summed E-state index contributed by atoms with van der Waals surface area (Å²) in [6.07, 6.45) is 4.99. The first-order valence-corrected chi connectivity index (χ1v) is 13.2. The first-order chi connectivity index (χ1) is 17.8. The largest absolute Gasteiger partial charge is 0.543 e. The number of amides is 2. The highest BCUT2D eigenvalue weighted by molar-refractivity contribution is 8.00. The molecule has 2 aromatic heterocycles. The number of anilines is 1. The predicted molar refractivity (Wildman–Crippen MR) is 132 cm³/mol. The molecular weight excluding hydrogens is 522 g/mol. The van der Waals surface area contributed by atoms with E-state index in [0.717, 1.165) is 22.0 Å². The molecule has 2 atom stereocenters. The molecule has 37 heavy (non-hydrogen) atoms. The zero-order valence-electron chi connectivity index (χ0n) is 19.8. The van der Waals surface area contributed by atoms with Crippen molar-refractivity contribution in [2.75, 3.05) is 24.7 Å². The molecule has 0 radical (unpaired) electrons. The van der Waals surface area contributed by atoms with E-state index in [1.807, 2.05) is 22.9 Å². The molecule has 0 aromatic carbocycles. The topological polar surface area (TPSA) is 187 Å². The second-order valence-electron chi connectivity index (χ2n) is 8.13. The van der Waals surface area contributed by atoms with Crippen molar-refractivity contribution in [2.24, 2.45) is 5.16 Å². The monoisotopic (exact) mass is 547 g/mol. The lowest BCUT2D eigenvalue weighted by Gasteiger charge is -2.50. The Hall–Kier alpha value is -3.56. The summed E-state index contributed by atoms with van der Waals surface area (Å²) in [5.41, 5.74) is 6.69. The molecule has 13 nitrogen and oxygen atoms in total. The minimum absolute atomic E-state index is 0.0378. The quantitative estimate of drug-likeness (QED) is 0.125. The molecule has 2 aromatic rings. The van der Waals surface area contributed by atoms with Crippen molar-refractivity contribution in [3.63, 3.8) is 0 Å². The molecule has 0 aliphatic carbocycles. The zero-order chi connectivity index (χ0) is 26.5. The van der Waals surface area contributed by atoms with Gasteiger partial charge in [-0.05, 0) is 25.8 Å². The Morgan fingerprint density at radius 2 is 2.27 bits per heavy atom. The maximum absolute atomic E-state index is 13.0. The molecule has 2 aliphatic heterocycles. The number of carboxylic acid groups (broad SMARTS) is 1. The number of fused-ring (bicyclic) bond motifs is 1. The summed E-state index contributed by atoms with van der Waals surface area (Å²) < 4.78 is 5.81. The van der Waals surface area contributed by atoms with Crippen molar-refractivity contribution in [3.8, 4) is 0 Å². The van der Waals surface area contributed by atoms with Crippen molar-refractivity contribution >= 4 is 51.9 Å². The van der Waals surface area contributed by atoms with Crippen molar-refractivity contribution < 1.29 is 34.0 Å². The Bertz CT molecular complexity index is 1260. The molecule has 2 aliphatic rings. The number of nitrogen functional groups attached to an aromatic ring is 1. The van der Waals surface area contributed by atoms with Gasteiger partial charge in [-0.2, -0.15) is 9.36 Å². The van der Waals surface area contributed by atoms with Gasteiger partial charge in [0.1, 0.15) is 18.0 Å². The first-order valence-electron chi connectivity index (χ1n) is 11.4. The van der Waals surface area contributed by atoms with Crippen LogP contribution in [-0.4, -0.2) is 73.2 Å². The Labute approximate surface area is 220 Å². The van der Waals surface area contributed by atoms with Gasteiger partial charge < -0.3 is 30.9 Å². The number of nitrogens with zero attached hydrogens (tertiary/aromatic N) is 5. The van der Waals surface area contributed by atoms with E-state index >= 15 is 0 Å². The van der Waals surface area contributed by atoms with E-state index in [4.69, 9.17) is 15.7 Å². The number of nitrogens with two attached hydrogens (primary N) is 1. The number of aliphatic hydroxyl groups excluding tert-OH is 1. The van der Waals surface area contributed by atoms with E-state index in [-0.39, 0.29) is 42.1 Å². The van der Waals surface area contributed by atoms with E-state index in [0.29, 0.717) is 24.2 Å². The highest BCUT2D eigenvalue weighted by atomic mass is 32.2. The molecule has 4 rings (SSSR count). The van der Waals surface area contributed by atoms with Crippen molar-refractivity contribution in [1.29, 1.82) is 0 Å². The average Bonchev–Trinajstić information content (AvgIpc) is 3.31. The molecular formula is C22H25N7O6S2. The number of carboxylic acids is 1. The molecule has 1 saturated heterocycles. The molecule has 1 unspecified atom stereocenters. The fourth-order valence-electron chi connectivity index (χ4n) is 3.97. The van der Waals surface area contributed by atoms with Crippen LogP contribution >= 0.6 is 23.3 Å². The van der Waals surface area contributed by atoms with Crippen LogP contribution in [0.1, 0.15) is 24.7 Å². The van der Waals surface area contributed by atoms with Gasteiger partial charge in [-0.1, -0.05) is 5.16 Å². The summed E-state index contributed by atoms with van der Waals surface area (Å²) in [5, 5.41) is 27.0. The molecule has 2 amide bonds. The maximum atomic E-state index is 13.0. The van der Waals surface area contributed by atoms with Crippen LogP contribution in [0.25, 0.3) is 0 Å². The number of aliphatic carboxylic acids is 1. The van der Waals surface area contributed by atoms with E-state index in [9.17, 15) is 19.5 Å². The Morgan fingerprint density at radius 1 is 1.46 bits per heavy atom. The molecule has 15 heteroatoms. The number of nitrogens with one attached hydrogen (secondary N) is 1. The number of carbonyl (C=O) groups is 3. The van der Waals surface area contributed by atoms with Crippen LogP contribution in [0.2, 0.25) is 0 Å². The molecule has 0 spiro atoms. The number of β-lactam (4-membered cyclic amide) rings is 1. The fraction of sp³-hybridized carbons (Fsp3) is 0.409. The Morgan fingerprint density at radius 3 is 2.95 bits per heavy atom. The van der Waals surface area contributed by atoms with E-state index in [1.165, 1.54) is 11.8 Å². The van der Waals surface area contributed by atoms with Gasteiger partial charge in [0.15, 0.2) is 24.1 Å². The number of hydrogen-bond acceptors (Lipinski definition) is 12. The van der Waals surface area contributed by atoms with Gasteiger partial charge in [0.25, 0.3) is 11.8 Å². The number of aryl methyl sites for hydroxylation is 1. The van der Waals surface area contributed by atoms with Crippen LogP contribution in [-0.2, 0) is 32.2 Å². The summed E-state index contributed by atoms with van der Waals surface area (Å²) >= 11 is 2.22. The van der Waals surface area contributed by atoms with Crippen molar-refractivity contribution in [1.82, 2.24) is 19.6 Å². The van der Waals surface area contributed by atoms with Gasteiger partial charge in [0, 0.05) is 41.1 Å². The van der Waals surface area contributed by atoms with Gasteiger partial charge in [0.2, 0.25) is 11.5 Å². The van der Waals surface area contributed by atoms with E-state index in [2.05, 4.69) is 19.8 Å². The van der Waals surface area contributed by atoms with E-state index in [1.54, 1.807) is 13.1 Å². The van der Waals surface area contributed by atoms with Gasteiger partial charge >= 0.3 is 0 Å². The number of oxime groups is 1. The fourth-order valence-corrected chi connectivity index (χ4v) is 5.74. The van der Waals surface area contributed by atoms with E-state index < -0.39 is 29.2 Å². The lowest BCUT2D eigenvalue weighted by atomic mass is 10.0. The molecule has 4 N–H and O–H groups in total. The predicted octanol–water partition coefficient (Wildman–Crippen LogP) is -1.82. The van der Waals surface area contributed by atoms with Crippen molar-refractivity contribution in [3.05, 3.63) is 47.2 Å². The minimum Gasteiger partial charge on any atom is -0.543 e. The van der Waals surface area contributed by atoms with Gasteiger partial charge in [0.05, 0.1) is 11.7 Å². The molecule has 196 valence electrons. The van der Waals surface area contributed by atoms with Crippen LogP contribution in [0, 0.1) is 0 Å². The second kappa shape index (κ2) is 11.7. The summed E-state index contributed by atoms with van der Waals surface area (Å²) in [5.74, 6) is -2.50. The number of hydrogen-bond donors (Lipinski definition) is 3. The third-order valence-corrected chi connectivity index (χ3v) is 7.48. The van der Waals surface area contributed by atoms with Gasteiger partial charge in [-0.3, -0.25) is 14.5 Å². The number of rotatable bonds is 11. The molecule has 4 heterocycles. The minimum atomic E-state index is -1.46. The number of thioether (sulfide) groups is 1. The van der Waals surface area contributed by atoms with Crippen LogP contribution in [0.5, 0.6) is 0 Å². The lowest BCUT2D eigenvalue weighted by Crippen LogP contribution is -2.71. The number of aromatic nitrogens is 3. The number of pyridine rings is 1. The molecule has 1 fully saturated rings. The lowest BCUT2D eigenvalue weighted by molar-refractivity contribution is -0.689. The average molecular weight is 548 g/mol. The molecule has 0 bridgehead atoms. The summed E-state index contributed by atoms with van der Waals surface area (Å²) in [4.78, 5) is 48.1. The second-order valence-corrected chi connectivity index (χ2v) is 10.0. The highest BCUT2D eigenvalue weighted by Crippen LogP contribution is 2.40. The Balaban J connectivity index is 1.51. The normalized spacial score (nSPS) is 19.4. The summed E-state index contributed by atoms with van der Waals surface area (Å²) in [7, 11) is 0. The SMILES string of the molecule is CCON=C(C(=O)NC1C(=O)N2C(C(=O)[O-])=C(C[n+]3cccc(CCCO)c3)CS[C@@H]12)c1nsc(N)n1. The third kappa shape index (κ3) is 5.73. The van der Waals surface area contributed by atoms with Crippen molar-refractivity contribution in [2.45, 2.75) is 37.7 Å². The van der Waals surface area contributed by atoms with Gasteiger partial charge in [-0.15, -0.1) is 11.8 Å². The third-order valence-electron chi connectivity index (χ3n) is 5.60. The van der Waals surface area contributed by atoms with Crippen LogP contribution < -0.4 is 20.7 Å².